The van der Waals surface area contributed by atoms with Gasteiger partial charge in [-0.15, -0.1) is 34.2 Å². The highest BCUT2D eigenvalue weighted by Gasteiger charge is 2.07. The lowest BCUT2D eigenvalue weighted by molar-refractivity contribution is 0.302. The summed E-state index contributed by atoms with van der Waals surface area (Å²) in [5.41, 5.74) is 1.78. The molecule has 0 unspecified atom stereocenters. The number of nitrogens with zero attached hydrogens (tertiary/aromatic N) is 5. The topological polar surface area (TPSA) is 88.7 Å². The Hall–Kier alpha value is -2.43. The summed E-state index contributed by atoms with van der Waals surface area (Å²) in [7, 11) is 0. The molecule has 0 bridgehead atoms. The number of guanidine groups is 1. The fourth-order valence-electron chi connectivity index (χ4n) is 2.55. The van der Waals surface area contributed by atoms with Gasteiger partial charge in [0.1, 0.15) is 0 Å². The quantitative estimate of drug-likeness (QED) is 0.284. The number of halogens is 1. The molecule has 3 rings (SSSR count). The van der Waals surface area contributed by atoms with Gasteiger partial charge in [-0.2, -0.15) is 0 Å². The summed E-state index contributed by atoms with van der Waals surface area (Å²) in [5.74, 6) is 2.17. The van der Waals surface area contributed by atoms with E-state index in [1.54, 1.807) is 6.20 Å². The molecule has 28 heavy (non-hydrogen) atoms. The maximum atomic E-state index is 5.70. The highest BCUT2D eigenvalue weighted by molar-refractivity contribution is 14.0. The van der Waals surface area contributed by atoms with E-state index in [4.69, 9.17) is 4.74 Å². The summed E-state index contributed by atoms with van der Waals surface area (Å²) in [4.78, 5) is 8.96. The monoisotopic (exact) mass is 495 g/mol. The molecule has 2 N–H and O–H groups in total. The lowest BCUT2D eigenvalue weighted by atomic mass is 10.3. The van der Waals surface area contributed by atoms with E-state index in [-0.39, 0.29) is 24.0 Å². The molecular formula is C19H26IN7O. The van der Waals surface area contributed by atoms with E-state index >= 15 is 0 Å². The number of aromatic nitrogens is 4. The number of ether oxygens (including phenoxy) is 1. The Balaban J connectivity index is 0.00000280. The third-order valence-electron chi connectivity index (χ3n) is 3.84. The number of hydrogen-bond donors (Lipinski definition) is 2. The van der Waals surface area contributed by atoms with Gasteiger partial charge < -0.3 is 15.4 Å². The van der Waals surface area contributed by atoms with Crippen molar-refractivity contribution in [3.8, 4) is 5.88 Å². The first-order valence-electron chi connectivity index (χ1n) is 9.19. The number of aliphatic imine (C=N–C) groups is 1. The molecule has 0 saturated carbocycles. The van der Waals surface area contributed by atoms with E-state index in [1.165, 1.54) is 0 Å². The molecule has 0 saturated heterocycles. The maximum Gasteiger partial charge on any atom is 0.218 e. The summed E-state index contributed by atoms with van der Waals surface area (Å²) < 4.78 is 7.66. The van der Waals surface area contributed by atoms with E-state index in [2.05, 4.69) is 37.7 Å². The summed E-state index contributed by atoms with van der Waals surface area (Å²) in [5, 5.41) is 14.9. The molecule has 0 radical (unpaired) electrons. The van der Waals surface area contributed by atoms with Crippen molar-refractivity contribution in [1.29, 1.82) is 0 Å². The predicted octanol–water partition coefficient (Wildman–Crippen LogP) is 2.79. The van der Waals surface area contributed by atoms with Gasteiger partial charge in [0, 0.05) is 24.5 Å². The molecule has 9 heteroatoms. The van der Waals surface area contributed by atoms with Crippen LogP contribution in [0, 0.1) is 0 Å². The highest BCUT2D eigenvalue weighted by atomic mass is 127. The largest absolute Gasteiger partial charge is 0.477 e. The van der Waals surface area contributed by atoms with E-state index < -0.39 is 0 Å². The van der Waals surface area contributed by atoms with Gasteiger partial charge in [-0.05, 0) is 31.5 Å². The van der Waals surface area contributed by atoms with Crippen LogP contribution in [0.1, 0.15) is 31.7 Å². The Morgan fingerprint density at radius 3 is 2.86 bits per heavy atom. The van der Waals surface area contributed by atoms with Crippen molar-refractivity contribution in [2.75, 3.05) is 13.2 Å². The number of nitrogens with one attached hydrogen (secondary N) is 2. The second-order valence-electron chi connectivity index (χ2n) is 5.91. The van der Waals surface area contributed by atoms with Crippen LogP contribution in [-0.2, 0) is 13.1 Å². The van der Waals surface area contributed by atoms with Crippen LogP contribution in [-0.4, -0.2) is 38.7 Å². The fraction of sp³-hybridized carbons (Fsp3) is 0.368. The number of fused-ring (bicyclic) bond motifs is 1. The molecule has 0 spiro atoms. The zero-order valence-electron chi connectivity index (χ0n) is 16.1. The van der Waals surface area contributed by atoms with Crippen molar-refractivity contribution in [1.82, 2.24) is 30.2 Å². The molecule has 3 aromatic heterocycles. The van der Waals surface area contributed by atoms with Crippen LogP contribution in [0.25, 0.3) is 5.65 Å². The third-order valence-corrected chi connectivity index (χ3v) is 3.84. The number of pyridine rings is 2. The maximum absolute atomic E-state index is 5.70. The molecule has 0 aliphatic heterocycles. The smallest absolute Gasteiger partial charge is 0.218 e. The molecular weight excluding hydrogens is 469 g/mol. The van der Waals surface area contributed by atoms with Gasteiger partial charge in [0.2, 0.25) is 5.88 Å². The molecule has 0 amide bonds. The zero-order valence-corrected chi connectivity index (χ0v) is 18.5. The molecule has 0 aliphatic rings. The van der Waals surface area contributed by atoms with Crippen molar-refractivity contribution >= 4 is 35.6 Å². The lowest BCUT2D eigenvalue weighted by Crippen LogP contribution is -2.37. The molecule has 0 aliphatic carbocycles. The first-order chi connectivity index (χ1) is 13.3. The van der Waals surface area contributed by atoms with E-state index in [0.29, 0.717) is 31.5 Å². The standard InChI is InChI=1S/C19H25N7O.HI/c1-3-12-27-18-15(8-7-10-21-18)13-22-19(20-4-2)23-14-17-25-24-16-9-5-6-11-26(16)17;/h5-11H,3-4,12-14H2,1-2H3,(H2,20,22,23);1H. The lowest BCUT2D eigenvalue weighted by Gasteiger charge is -2.12. The first kappa shape index (κ1) is 21.9. The first-order valence-corrected chi connectivity index (χ1v) is 9.19. The second kappa shape index (κ2) is 11.4. The Kier molecular flexibility index (Phi) is 8.92. The van der Waals surface area contributed by atoms with Crippen molar-refractivity contribution in [3.05, 3.63) is 54.1 Å². The van der Waals surface area contributed by atoms with Gasteiger partial charge in [0.05, 0.1) is 19.7 Å². The van der Waals surface area contributed by atoms with Crippen LogP contribution in [0.15, 0.2) is 47.7 Å². The van der Waals surface area contributed by atoms with Crippen LogP contribution < -0.4 is 15.4 Å². The van der Waals surface area contributed by atoms with Gasteiger partial charge in [-0.25, -0.2) is 9.98 Å². The van der Waals surface area contributed by atoms with Crippen LogP contribution >= 0.6 is 24.0 Å². The normalized spacial score (nSPS) is 11.1. The summed E-state index contributed by atoms with van der Waals surface area (Å²) in [6.07, 6.45) is 4.62. The summed E-state index contributed by atoms with van der Waals surface area (Å²) in [6, 6.07) is 9.71. The van der Waals surface area contributed by atoms with Crippen LogP contribution in [0.2, 0.25) is 0 Å². The van der Waals surface area contributed by atoms with Crippen molar-refractivity contribution in [2.45, 2.75) is 33.4 Å². The second-order valence-corrected chi connectivity index (χ2v) is 5.91. The number of hydrogen-bond acceptors (Lipinski definition) is 5. The van der Waals surface area contributed by atoms with Gasteiger partial charge in [0.15, 0.2) is 17.4 Å². The predicted molar refractivity (Wildman–Crippen MR) is 120 cm³/mol. The SMILES string of the molecule is CCCOc1ncccc1CN=C(NCC)NCc1nnc2ccccn12.I. The molecule has 3 aromatic rings. The van der Waals surface area contributed by atoms with Crippen LogP contribution in [0.3, 0.4) is 0 Å². The van der Waals surface area contributed by atoms with E-state index in [0.717, 1.165) is 30.0 Å². The molecule has 0 fully saturated rings. The average molecular weight is 495 g/mol. The Bertz CT molecular complexity index is 897. The van der Waals surface area contributed by atoms with Crippen molar-refractivity contribution in [3.63, 3.8) is 0 Å². The molecule has 0 aromatic carbocycles. The Morgan fingerprint density at radius 1 is 1.14 bits per heavy atom. The van der Waals surface area contributed by atoms with Gasteiger partial charge in [-0.1, -0.05) is 19.1 Å². The molecule has 0 atom stereocenters. The summed E-state index contributed by atoms with van der Waals surface area (Å²) in [6.45, 7) is 6.50. The van der Waals surface area contributed by atoms with E-state index in [1.807, 2.05) is 47.9 Å². The minimum absolute atomic E-state index is 0. The molecule has 8 nitrogen and oxygen atoms in total. The van der Waals surface area contributed by atoms with Gasteiger partial charge in [0.25, 0.3) is 0 Å². The Morgan fingerprint density at radius 2 is 2.04 bits per heavy atom. The van der Waals surface area contributed by atoms with Crippen LogP contribution in [0.5, 0.6) is 5.88 Å². The van der Waals surface area contributed by atoms with Crippen molar-refractivity contribution in [2.24, 2.45) is 4.99 Å². The van der Waals surface area contributed by atoms with E-state index in [9.17, 15) is 0 Å². The fourth-order valence-corrected chi connectivity index (χ4v) is 2.55. The Labute approximate surface area is 181 Å². The van der Waals surface area contributed by atoms with Crippen LogP contribution in [0.4, 0.5) is 0 Å². The average Bonchev–Trinajstić information content (AvgIpc) is 3.12. The highest BCUT2D eigenvalue weighted by Crippen LogP contribution is 2.15. The number of rotatable bonds is 8. The van der Waals surface area contributed by atoms with Crippen molar-refractivity contribution < 1.29 is 4.74 Å². The summed E-state index contributed by atoms with van der Waals surface area (Å²) >= 11 is 0. The zero-order chi connectivity index (χ0) is 18.9. The molecule has 150 valence electrons. The van der Waals surface area contributed by atoms with Gasteiger partial charge >= 0.3 is 0 Å². The minimum Gasteiger partial charge on any atom is -0.477 e. The van der Waals surface area contributed by atoms with Gasteiger partial charge in [-0.3, -0.25) is 4.40 Å². The minimum atomic E-state index is 0. The molecule has 3 heterocycles. The third kappa shape index (κ3) is 5.78.